The van der Waals surface area contributed by atoms with Gasteiger partial charge in [0.25, 0.3) is 0 Å². The Morgan fingerprint density at radius 3 is 2.28 bits per heavy atom. The topological polar surface area (TPSA) is 49.4 Å². The van der Waals surface area contributed by atoms with E-state index < -0.39 is 6.04 Å². The normalized spacial score (nSPS) is 15.0. The smallest absolute Gasteiger partial charge is 0.249 e. The van der Waals surface area contributed by atoms with Crippen LogP contribution in [0.25, 0.3) is 0 Å². The second kappa shape index (κ2) is 8.17. The van der Waals surface area contributed by atoms with Crippen LogP contribution in [0.4, 0.5) is 0 Å². The van der Waals surface area contributed by atoms with E-state index in [2.05, 4.69) is 5.32 Å². The Balaban J connectivity index is 1.73. The molecular weight excluding hydrogens is 336 g/mol. The molecule has 5 heteroatoms. The SMILES string of the molecule is O=C(Cc1ccc(Cl)cc1)N[C@H](C(=O)N1CCCC1)c1ccccc1. The summed E-state index contributed by atoms with van der Waals surface area (Å²) in [4.78, 5) is 27.2. The lowest BCUT2D eigenvalue weighted by molar-refractivity contribution is -0.135. The minimum atomic E-state index is -0.640. The van der Waals surface area contributed by atoms with Crippen molar-refractivity contribution in [1.82, 2.24) is 10.2 Å². The van der Waals surface area contributed by atoms with Gasteiger partial charge in [-0.05, 0) is 36.1 Å². The van der Waals surface area contributed by atoms with E-state index in [9.17, 15) is 9.59 Å². The Morgan fingerprint density at radius 2 is 1.64 bits per heavy atom. The van der Waals surface area contributed by atoms with Gasteiger partial charge in [-0.2, -0.15) is 0 Å². The molecule has 2 aromatic rings. The zero-order valence-corrected chi connectivity index (χ0v) is 14.7. The van der Waals surface area contributed by atoms with Crippen molar-refractivity contribution in [1.29, 1.82) is 0 Å². The molecule has 1 aliphatic rings. The van der Waals surface area contributed by atoms with Crippen molar-refractivity contribution in [2.45, 2.75) is 25.3 Å². The second-order valence-electron chi connectivity index (χ2n) is 6.25. The van der Waals surface area contributed by atoms with E-state index in [1.807, 2.05) is 47.4 Å². The first-order valence-electron chi connectivity index (χ1n) is 8.51. The number of benzene rings is 2. The molecule has 3 rings (SSSR count). The summed E-state index contributed by atoms with van der Waals surface area (Å²) in [5.41, 5.74) is 1.67. The number of likely N-dealkylation sites (tertiary alicyclic amines) is 1. The van der Waals surface area contributed by atoms with Crippen LogP contribution in [-0.2, 0) is 16.0 Å². The monoisotopic (exact) mass is 356 g/mol. The van der Waals surface area contributed by atoms with Crippen LogP contribution in [0.1, 0.15) is 30.0 Å². The van der Waals surface area contributed by atoms with Gasteiger partial charge in [-0.3, -0.25) is 9.59 Å². The van der Waals surface area contributed by atoms with Gasteiger partial charge in [-0.25, -0.2) is 0 Å². The molecule has 1 N–H and O–H groups in total. The Kier molecular flexibility index (Phi) is 5.71. The Labute approximate surface area is 152 Å². The molecule has 25 heavy (non-hydrogen) atoms. The maximum atomic E-state index is 12.9. The minimum absolute atomic E-state index is 0.0341. The summed E-state index contributed by atoms with van der Waals surface area (Å²) in [5, 5.41) is 3.54. The van der Waals surface area contributed by atoms with Crippen molar-refractivity contribution in [3.8, 4) is 0 Å². The summed E-state index contributed by atoms with van der Waals surface area (Å²) < 4.78 is 0. The second-order valence-corrected chi connectivity index (χ2v) is 6.68. The van der Waals surface area contributed by atoms with E-state index in [1.165, 1.54) is 0 Å². The van der Waals surface area contributed by atoms with Gasteiger partial charge in [0.1, 0.15) is 6.04 Å². The molecule has 0 aliphatic carbocycles. The van der Waals surface area contributed by atoms with E-state index in [0.29, 0.717) is 5.02 Å². The number of hydrogen-bond donors (Lipinski definition) is 1. The fraction of sp³-hybridized carbons (Fsp3) is 0.300. The molecule has 0 saturated carbocycles. The average Bonchev–Trinajstić information content (AvgIpc) is 3.16. The summed E-state index contributed by atoms with van der Waals surface area (Å²) in [7, 11) is 0. The highest BCUT2D eigenvalue weighted by atomic mass is 35.5. The van der Waals surface area contributed by atoms with Crippen molar-refractivity contribution >= 4 is 23.4 Å². The lowest BCUT2D eigenvalue weighted by Gasteiger charge is -2.24. The highest BCUT2D eigenvalue weighted by molar-refractivity contribution is 6.30. The van der Waals surface area contributed by atoms with Crippen LogP contribution in [0, 0.1) is 0 Å². The fourth-order valence-electron chi connectivity index (χ4n) is 3.05. The van der Waals surface area contributed by atoms with Gasteiger partial charge in [0.05, 0.1) is 6.42 Å². The standard InChI is InChI=1S/C20H21ClN2O2/c21-17-10-8-15(9-11-17)14-18(24)22-19(16-6-2-1-3-7-16)20(25)23-12-4-5-13-23/h1-3,6-11,19H,4-5,12-14H2,(H,22,24)/t19-/m0/s1. The third kappa shape index (κ3) is 4.60. The molecule has 2 aromatic carbocycles. The van der Waals surface area contributed by atoms with Crippen molar-refractivity contribution in [2.75, 3.05) is 13.1 Å². The molecule has 1 aliphatic heterocycles. The van der Waals surface area contributed by atoms with E-state index in [0.717, 1.165) is 37.1 Å². The third-order valence-corrected chi connectivity index (χ3v) is 4.63. The first-order valence-corrected chi connectivity index (χ1v) is 8.89. The van der Waals surface area contributed by atoms with Crippen molar-refractivity contribution in [3.05, 3.63) is 70.7 Å². The maximum absolute atomic E-state index is 12.9. The molecular formula is C20H21ClN2O2. The summed E-state index contributed by atoms with van der Waals surface area (Å²) in [6.07, 6.45) is 2.26. The van der Waals surface area contributed by atoms with Crippen LogP contribution in [0.15, 0.2) is 54.6 Å². The number of nitrogens with one attached hydrogen (secondary N) is 1. The molecule has 2 amide bonds. The fourth-order valence-corrected chi connectivity index (χ4v) is 3.18. The molecule has 1 heterocycles. The Hall–Kier alpha value is -2.33. The number of carbonyl (C=O) groups is 2. The van der Waals surface area contributed by atoms with Crippen LogP contribution in [0.2, 0.25) is 5.02 Å². The Bertz CT molecular complexity index is 725. The van der Waals surface area contributed by atoms with Gasteiger partial charge in [0.2, 0.25) is 11.8 Å². The van der Waals surface area contributed by atoms with Gasteiger partial charge >= 0.3 is 0 Å². The number of carbonyl (C=O) groups excluding carboxylic acids is 2. The van der Waals surface area contributed by atoms with Crippen molar-refractivity contribution in [2.24, 2.45) is 0 Å². The number of nitrogens with zero attached hydrogens (tertiary/aromatic N) is 1. The van der Waals surface area contributed by atoms with Crippen LogP contribution in [-0.4, -0.2) is 29.8 Å². The molecule has 1 saturated heterocycles. The first kappa shape index (κ1) is 17.5. The van der Waals surface area contributed by atoms with Gasteiger partial charge < -0.3 is 10.2 Å². The molecule has 130 valence electrons. The van der Waals surface area contributed by atoms with Crippen LogP contribution >= 0.6 is 11.6 Å². The molecule has 1 fully saturated rings. The molecule has 0 unspecified atom stereocenters. The minimum Gasteiger partial charge on any atom is -0.341 e. The molecule has 0 spiro atoms. The van der Waals surface area contributed by atoms with E-state index in [1.54, 1.807) is 12.1 Å². The predicted molar refractivity (Wildman–Crippen MR) is 98.3 cm³/mol. The number of amides is 2. The molecule has 0 aromatic heterocycles. The quantitative estimate of drug-likeness (QED) is 0.893. The summed E-state index contributed by atoms with van der Waals surface area (Å²) >= 11 is 5.88. The zero-order chi connectivity index (χ0) is 17.6. The van der Waals surface area contributed by atoms with Gasteiger partial charge in [0.15, 0.2) is 0 Å². The summed E-state index contributed by atoms with van der Waals surface area (Å²) in [6, 6.07) is 15.9. The molecule has 0 radical (unpaired) electrons. The third-order valence-electron chi connectivity index (χ3n) is 4.38. The highest BCUT2D eigenvalue weighted by Gasteiger charge is 2.28. The number of rotatable bonds is 5. The number of hydrogen-bond acceptors (Lipinski definition) is 2. The Morgan fingerprint density at radius 1 is 1.00 bits per heavy atom. The van der Waals surface area contributed by atoms with Crippen LogP contribution in [0.3, 0.4) is 0 Å². The lowest BCUT2D eigenvalue weighted by atomic mass is 10.0. The van der Waals surface area contributed by atoms with Gasteiger partial charge in [-0.1, -0.05) is 54.1 Å². The number of halogens is 1. The van der Waals surface area contributed by atoms with Gasteiger partial charge in [0, 0.05) is 18.1 Å². The lowest BCUT2D eigenvalue weighted by Crippen LogP contribution is -2.42. The van der Waals surface area contributed by atoms with Gasteiger partial charge in [-0.15, -0.1) is 0 Å². The molecule has 4 nitrogen and oxygen atoms in total. The zero-order valence-electron chi connectivity index (χ0n) is 14.0. The molecule has 0 bridgehead atoms. The molecule has 1 atom stereocenters. The highest BCUT2D eigenvalue weighted by Crippen LogP contribution is 2.19. The summed E-state index contributed by atoms with van der Waals surface area (Å²) in [5.74, 6) is -0.211. The predicted octanol–water partition coefficient (Wildman–Crippen LogP) is 3.36. The summed E-state index contributed by atoms with van der Waals surface area (Å²) in [6.45, 7) is 1.52. The van der Waals surface area contributed by atoms with Crippen LogP contribution in [0.5, 0.6) is 0 Å². The van der Waals surface area contributed by atoms with Crippen molar-refractivity contribution in [3.63, 3.8) is 0 Å². The largest absolute Gasteiger partial charge is 0.341 e. The van der Waals surface area contributed by atoms with E-state index >= 15 is 0 Å². The maximum Gasteiger partial charge on any atom is 0.249 e. The van der Waals surface area contributed by atoms with Crippen LogP contribution < -0.4 is 5.32 Å². The average molecular weight is 357 g/mol. The van der Waals surface area contributed by atoms with E-state index in [-0.39, 0.29) is 18.2 Å². The van der Waals surface area contributed by atoms with E-state index in [4.69, 9.17) is 11.6 Å². The van der Waals surface area contributed by atoms with Crippen molar-refractivity contribution < 1.29 is 9.59 Å². The first-order chi connectivity index (χ1) is 12.1.